The lowest BCUT2D eigenvalue weighted by molar-refractivity contribution is -0.139. The van der Waals surface area contributed by atoms with Crippen LogP contribution >= 0.6 is 0 Å². The third-order valence-corrected chi connectivity index (χ3v) is 1.84. The predicted molar refractivity (Wildman–Crippen MR) is 49.4 cm³/mol. The Bertz CT molecular complexity index is 394. The molecule has 0 amide bonds. The molecule has 14 heavy (non-hydrogen) atoms. The van der Waals surface area contributed by atoms with Crippen LogP contribution in [0.1, 0.15) is 16.8 Å². The van der Waals surface area contributed by atoms with E-state index in [0.717, 1.165) is 0 Å². The summed E-state index contributed by atoms with van der Waals surface area (Å²) in [6.45, 7) is 1.75. The Kier molecular flexibility index (Phi) is 3.19. The molecule has 0 bridgehead atoms. The molecule has 0 fully saturated rings. The number of esters is 1. The molecular formula is C10H10N2O2. The normalized spacial score (nSPS) is 9.21. The van der Waals surface area contributed by atoms with Crippen molar-refractivity contribution in [2.75, 3.05) is 7.11 Å². The van der Waals surface area contributed by atoms with Gasteiger partial charge in [-0.3, -0.25) is 9.78 Å². The minimum absolute atomic E-state index is 0.151. The number of aryl methyl sites for hydroxylation is 1. The molecule has 1 aromatic rings. The molecular weight excluding hydrogens is 180 g/mol. The summed E-state index contributed by atoms with van der Waals surface area (Å²) in [4.78, 5) is 14.9. The van der Waals surface area contributed by atoms with Crippen molar-refractivity contribution in [2.24, 2.45) is 0 Å². The second kappa shape index (κ2) is 4.38. The van der Waals surface area contributed by atoms with Crippen molar-refractivity contribution in [3.8, 4) is 6.07 Å². The molecule has 0 aliphatic rings. The number of carbonyl (C=O) groups excluding carboxylic acids is 1. The van der Waals surface area contributed by atoms with Gasteiger partial charge in [-0.1, -0.05) is 0 Å². The first-order valence-corrected chi connectivity index (χ1v) is 4.10. The number of carbonyl (C=O) groups is 1. The number of pyridine rings is 1. The van der Waals surface area contributed by atoms with E-state index in [9.17, 15) is 4.79 Å². The van der Waals surface area contributed by atoms with Gasteiger partial charge in [0.2, 0.25) is 0 Å². The van der Waals surface area contributed by atoms with Gasteiger partial charge in [-0.2, -0.15) is 5.26 Å². The van der Waals surface area contributed by atoms with E-state index in [1.54, 1.807) is 19.2 Å². The number of ether oxygens (including phenoxy) is 1. The summed E-state index contributed by atoms with van der Waals surface area (Å²) in [6, 6.07) is 3.66. The highest BCUT2D eigenvalue weighted by molar-refractivity contribution is 5.72. The van der Waals surface area contributed by atoms with Gasteiger partial charge in [0.15, 0.2) is 0 Å². The number of rotatable bonds is 2. The molecule has 0 aromatic carbocycles. The summed E-state index contributed by atoms with van der Waals surface area (Å²) in [5, 5.41) is 8.73. The van der Waals surface area contributed by atoms with Crippen LogP contribution in [0.4, 0.5) is 0 Å². The van der Waals surface area contributed by atoms with Crippen molar-refractivity contribution in [1.29, 1.82) is 5.26 Å². The first-order chi connectivity index (χ1) is 6.67. The van der Waals surface area contributed by atoms with Crippen molar-refractivity contribution >= 4 is 5.97 Å². The fraction of sp³-hybridized carbons (Fsp3) is 0.300. The van der Waals surface area contributed by atoms with Crippen LogP contribution in [0.5, 0.6) is 0 Å². The lowest BCUT2D eigenvalue weighted by atomic mass is 10.1. The molecule has 0 aliphatic heterocycles. The Balaban J connectivity index is 2.91. The monoisotopic (exact) mass is 190 g/mol. The van der Waals surface area contributed by atoms with Crippen LogP contribution in [-0.2, 0) is 16.0 Å². The summed E-state index contributed by atoms with van der Waals surface area (Å²) in [7, 11) is 1.33. The number of hydrogen-bond donors (Lipinski definition) is 0. The highest BCUT2D eigenvalue weighted by Crippen LogP contribution is 2.07. The predicted octanol–water partition coefficient (Wildman–Crippen LogP) is 0.977. The van der Waals surface area contributed by atoms with Gasteiger partial charge in [-0.25, -0.2) is 0 Å². The molecule has 0 N–H and O–H groups in total. The van der Waals surface area contributed by atoms with E-state index in [0.29, 0.717) is 16.8 Å². The molecule has 4 nitrogen and oxygen atoms in total. The Labute approximate surface area is 82.1 Å². The molecule has 1 aromatic heterocycles. The Hall–Kier alpha value is -1.89. The summed E-state index contributed by atoms with van der Waals surface area (Å²) in [5.41, 5.74) is 1.85. The van der Waals surface area contributed by atoms with Crippen LogP contribution in [0.3, 0.4) is 0 Å². The average Bonchev–Trinajstić information content (AvgIpc) is 2.20. The van der Waals surface area contributed by atoms with Crippen LogP contribution < -0.4 is 0 Å². The maximum absolute atomic E-state index is 10.9. The van der Waals surface area contributed by atoms with E-state index < -0.39 is 0 Å². The maximum Gasteiger partial charge on any atom is 0.310 e. The third-order valence-electron chi connectivity index (χ3n) is 1.84. The van der Waals surface area contributed by atoms with Gasteiger partial charge < -0.3 is 4.74 Å². The second-order valence-electron chi connectivity index (χ2n) is 2.84. The average molecular weight is 190 g/mol. The number of methoxy groups -OCH3 is 1. The van der Waals surface area contributed by atoms with Crippen LogP contribution in [0, 0.1) is 18.3 Å². The topological polar surface area (TPSA) is 63.0 Å². The van der Waals surface area contributed by atoms with Gasteiger partial charge in [0.05, 0.1) is 24.8 Å². The van der Waals surface area contributed by atoms with Gasteiger partial charge in [-0.15, -0.1) is 0 Å². The molecule has 0 aliphatic carbocycles. The zero-order valence-electron chi connectivity index (χ0n) is 8.07. The zero-order chi connectivity index (χ0) is 10.6. The number of hydrogen-bond acceptors (Lipinski definition) is 4. The molecule has 4 heteroatoms. The lowest BCUT2D eigenvalue weighted by Crippen LogP contribution is -2.05. The van der Waals surface area contributed by atoms with Crippen LogP contribution in [0.2, 0.25) is 0 Å². The number of nitrogens with zero attached hydrogens (tertiary/aromatic N) is 2. The minimum Gasteiger partial charge on any atom is -0.469 e. The smallest absolute Gasteiger partial charge is 0.310 e. The van der Waals surface area contributed by atoms with Crippen molar-refractivity contribution < 1.29 is 9.53 Å². The third kappa shape index (κ3) is 2.30. The van der Waals surface area contributed by atoms with Crippen molar-refractivity contribution in [3.05, 3.63) is 29.1 Å². The highest BCUT2D eigenvalue weighted by Gasteiger charge is 2.05. The molecule has 0 unspecified atom stereocenters. The van der Waals surface area contributed by atoms with Gasteiger partial charge >= 0.3 is 5.97 Å². The van der Waals surface area contributed by atoms with E-state index in [-0.39, 0.29) is 12.4 Å². The van der Waals surface area contributed by atoms with E-state index in [4.69, 9.17) is 5.26 Å². The molecule has 0 saturated carbocycles. The minimum atomic E-state index is -0.334. The Morgan fingerprint density at radius 3 is 3.00 bits per heavy atom. The van der Waals surface area contributed by atoms with E-state index in [2.05, 4.69) is 9.72 Å². The second-order valence-corrected chi connectivity index (χ2v) is 2.84. The summed E-state index contributed by atoms with van der Waals surface area (Å²) < 4.78 is 4.51. The standard InChI is InChI=1S/C10H10N2O2/c1-7-9(5-11)3-8(6-12-7)4-10(13)14-2/h3,6H,4H2,1-2H3. The number of aromatic nitrogens is 1. The van der Waals surface area contributed by atoms with Gasteiger partial charge in [0.1, 0.15) is 6.07 Å². The van der Waals surface area contributed by atoms with Crippen LogP contribution in [-0.4, -0.2) is 18.1 Å². The van der Waals surface area contributed by atoms with Crippen molar-refractivity contribution in [1.82, 2.24) is 4.98 Å². The lowest BCUT2D eigenvalue weighted by Gasteiger charge is -2.01. The fourth-order valence-corrected chi connectivity index (χ4v) is 1.03. The van der Waals surface area contributed by atoms with E-state index >= 15 is 0 Å². The quantitative estimate of drug-likeness (QED) is 0.652. The van der Waals surface area contributed by atoms with Gasteiger partial charge in [0, 0.05) is 6.20 Å². The SMILES string of the molecule is COC(=O)Cc1cnc(C)c(C#N)c1. The van der Waals surface area contributed by atoms with E-state index in [1.165, 1.54) is 7.11 Å². The largest absolute Gasteiger partial charge is 0.469 e. The molecule has 1 rings (SSSR count). The van der Waals surface area contributed by atoms with Crippen LogP contribution in [0.15, 0.2) is 12.3 Å². The summed E-state index contributed by atoms with van der Waals surface area (Å²) in [6.07, 6.45) is 1.73. The molecule has 0 spiro atoms. The Morgan fingerprint density at radius 2 is 2.43 bits per heavy atom. The van der Waals surface area contributed by atoms with E-state index in [1.807, 2.05) is 6.07 Å². The molecule has 0 radical (unpaired) electrons. The zero-order valence-corrected chi connectivity index (χ0v) is 8.07. The summed E-state index contributed by atoms with van der Waals surface area (Å²) in [5.74, 6) is -0.334. The first kappa shape index (κ1) is 10.2. The highest BCUT2D eigenvalue weighted by atomic mass is 16.5. The molecule has 0 saturated heterocycles. The molecule has 1 heterocycles. The van der Waals surface area contributed by atoms with Crippen molar-refractivity contribution in [2.45, 2.75) is 13.3 Å². The summed E-state index contributed by atoms with van der Waals surface area (Å²) >= 11 is 0. The van der Waals surface area contributed by atoms with Gasteiger partial charge in [0.25, 0.3) is 0 Å². The van der Waals surface area contributed by atoms with Crippen molar-refractivity contribution in [3.63, 3.8) is 0 Å². The molecule has 0 atom stereocenters. The molecule has 72 valence electrons. The first-order valence-electron chi connectivity index (χ1n) is 4.10. The Morgan fingerprint density at radius 1 is 1.71 bits per heavy atom. The van der Waals surface area contributed by atoms with Crippen LogP contribution in [0.25, 0.3) is 0 Å². The number of nitriles is 1. The fourth-order valence-electron chi connectivity index (χ4n) is 1.03. The maximum atomic E-state index is 10.9. The van der Waals surface area contributed by atoms with Gasteiger partial charge in [-0.05, 0) is 18.6 Å².